The van der Waals surface area contributed by atoms with Crippen LogP contribution >= 0.6 is 0 Å². The molecule has 1 N–H and O–H groups in total. The minimum atomic E-state index is -1.19. The van der Waals surface area contributed by atoms with E-state index in [1.165, 1.54) is 4.90 Å². The lowest BCUT2D eigenvalue weighted by atomic mass is 9.70. The zero-order valence-electron chi connectivity index (χ0n) is 21.4. The van der Waals surface area contributed by atoms with E-state index in [4.69, 9.17) is 9.47 Å². The summed E-state index contributed by atoms with van der Waals surface area (Å²) in [6.45, 7) is 9.22. The number of esters is 1. The molecule has 3 aliphatic heterocycles. The van der Waals surface area contributed by atoms with Crippen molar-refractivity contribution in [3.8, 4) is 0 Å². The SMILES string of the molecule is C=CCCOC(=O)[C@@H]1[C@@H]2CCC3(O2)C(C(=O)N(CC=C)Cn2nnc4ccccc42)N([C@H](C)CO)C(=O)[C@H]13. The number of fused-ring (bicyclic) bond motifs is 2. The summed E-state index contributed by atoms with van der Waals surface area (Å²) in [7, 11) is 0. The number of likely N-dealkylation sites (tertiary alicyclic amines) is 1. The van der Waals surface area contributed by atoms with E-state index in [-0.39, 0.29) is 38.2 Å². The van der Waals surface area contributed by atoms with E-state index < -0.39 is 41.6 Å². The minimum absolute atomic E-state index is 0.0780. The van der Waals surface area contributed by atoms with Gasteiger partial charge >= 0.3 is 5.97 Å². The molecule has 6 atom stereocenters. The first-order valence-corrected chi connectivity index (χ1v) is 12.9. The molecule has 11 nitrogen and oxygen atoms in total. The first-order chi connectivity index (χ1) is 18.4. The summed E-state index contributed by atoms with van der Waals surface area (Å²) in [4.78, 5) is 44.3. The van der Waals surface area contributed by atoms with E-state index in [0.717, 1.165) is 5.52 Å². The number of para-hydroxylation sites is 1. The molecule has 3 aliphatic rings. The van der Waals surface area contributed by atoms with Gasteiger partial charge in [-0.3, -0.25) is 14.4 Å². The molecule has 0 saturated carbocycles. The molecule has 4 heterocycles. The molecule has 2 unspecified atom stereocenters. The van der Waals surface area contributed by atoms with E-state index in [2.05, 4.69) is 23.5 Å². The maximum absolute atomic E-state index is 14.3. The number of aliphatic hydroxyl groups excluding tert-OH is 1. The average Bonchev–Trinajstić information content (AvgIpc) is 3.67. The van der Waals surface area contributed by atoms with Gasteiger partial charge in [0.05, 0.1) is 42.7 Å². The zero-order chi connectivity index (χ0) is 27.0. The fourth-order valence-electron chi connectivity index (χ4n) is 6.27. The van der Waals surface area contributed by atoms with Crippen LogP contribution in [-0.4, -0.2) is 91.2 Å². The summed E-state index contributed by atoms with van der Waals surface area (Å²) < 4.78 is 13.5. The number of rotatable bonds is 11. The molecule has 3 saturated heterocycles. The third-order valence-corrected chi connectivity index (χ3v) is 7.94. The third-order valence-electron chi connectivity index (χ3n) is 7.94. The van der Waals surface area contributed by atoms with Crippen molar-refractivity contribution in [3.63, 3.8) is 0 Å². The molecule has 2 aromatic rings. The summed E-state index contributed by atoms with van der Waals surface area (Å²) in [5.74, 6) is -2.90. The first-order valence-electron chi connectivity index (χ1n) is 12.9. The van der Waals surface area contributed by atoms with Gasteiger partial charge in [0.2, 0.25) is 11.8 Å². The number of benzene rings is 1. The number of carbonyl (C=O) groups is 3. The van der Waals surface area contributed by atoms with E-state index in [1.807, 2.05) is 24.3 Å². The first kappa shape index (κ1) is 26.1. The lowest BCUT2D eigenvalue weighted by molar-refractivity contribution is -0.156. The van der Waals surface area contributed by atoms with E-state index in [1.54, 1.807) is 28.7 Å². The highest BCUT2D eigenvalue weighted by molar-refractivity contribution is 5.98. The Bertz CT molecular complexity index is 1260. The molecular weight excluding hydrogens is 490 g/mol. The van der Waals surface area contributed by atoms with Crippen molar-refractivity contribution < 1.29 is 29.0 Å². The number of amides is 2. The molecule has 202 valence electrons. The van der Waals surface area contributed by atoms with Gasteiger partial charge in [0.25, 0.3) is 0 Å². The van der Waals surface area contributed by atoms with Crippen molar-refractivity contribution in [1.29, 1.82) is 0 Å². The summed E-state index contributed by atoms with van der Waals surface area (Å²) in [6.07, 6.45) is 4.23. The lowest BCUT2D eigenvalue weighted by Gasteiger charge is -2.38. The standard InChI is InChI=1S/C27H33N5O6/c1-4-6-14-37-26(36)21-20-11-12-27(38-20)22(21)24(34)32(17(3)15-33)23(27)25(35)30(13-5-2)16-31-19-10-8-7-9-18(19)28-29-31/h4-5,7-10,17,20-23,33H,1-2,6,11-16H2,3H3/t17-,20+,21-,22+,23?,27?/m1/s1. The minimum Gasteiger partial charge on any atom is -0.465 e. The fraction of sp³-hybridized carbons (Fsp3) is 0.519. The van der Waals surface area contributed by atoms with E-state index >= 15 is 0 Å². The average molecular weight is 524 g/mol. The lowest BCUT2D eigenvalue weighted by Crippen LogP contribution is -2.58. The van der Waals surface area contributed by atoms with Gasteiger partial charge in [-0.25, -0.2) is 4.68 Å². The largest absolute Gasteiger partial charge is 0.465 e. The van der Waals surface area contributed by atoms with Crippen LogP contribution in [0.25, 0.3) is 11.0 Å². The second-order valence-electron chi connectivity index (χ2n) is 10.1. The third kappa shape index (κ3) is 4.01. The van der Waals surface area contributed by atoms with Crippen molar-refractivity contribution in [3.05, 3.63) is 49.6 Å². The molecule has 5 rings (SSSR count). The molecule has 1 spiro atoms. The molecule has 2 bridgehead atoms. The van der Waals surface area contributed by atoms with Crippen LogP contribution in [0.3, 0.4) is 0 Å². The summed E-state index contributed by atoms with van der Waals surface area (Å²) in [5.41, 5.74) is 0.266. The smallest absolute Gasteiger partial charge is 0.312 e. The molecule has 0 radical (unpaired) electrons. The number of nitrogens with zero attached hydrogens (tertiary/aromatic N) is 5. The van der Waals surface area contributed by atoms with Crippen molar-refractivity contribution >= 4 is 28.8 Å². The Kier molecular flexibility index (Phi) is 7.06. The van der Waals surface area contributed by atoms with Gasteiger partial charge in [0.1, 0.15) is 23.8 Å². The Morgan fingerprint density at radius 2 is 2.13 bits per heavy atom. The highest BCUT2D eigenvalue weighted by Crippen LogP contribution is 2.59. The van der Waals surface area contributed by atoms with E-state index in [0.29, 0.717) is 24.8 Å². The van der Waals surface area contributed by atoms with E-state index in [9.17, 15) is 19.5 Å². The number of hydrogen-bond donors (Lipinski definition) is 1. The quantitative estimate of drug-likeness (QED) is 0.265. The number of hydrogen-bond acceptors (Lipinski definition) is 8. The number of carbonyl (C=O) groups excluding carboxylic acids is 3. The predicted molar refractivity (Wildman–Crippen MR) is 136 cm³/mol. The van der Waals surface area contributed by atoms with Crippen LogP contribution in [0, 0.1) is 11.8 Å². The van der Waals surface area contributed by atoms with Crippen LogP contribution in [0.15, 0.2) is 49.6 Å². The normalized spacial score (nSPS) is 28.4. The van der Waals surface area contributed by atoms with Gasteiger partial charge in [-0.1, -0.05) is 29.5 Å². The van der Waals surface area contributed by atoms with Crippen LogP contribution in [0.5, 0.6) is 0 Å². The van der Waals surface area contributed by atoms with Crippen LogP contribution in [0.2, 0.25) is 0 Å². The Hall–Kier alpha value is -3.57. The molecule has 11 heteroatoms. The number of ether oxygens (including phenoxy) is 2. The van der Waals surface area contributed by atoms with Crippen LogP contribution in [0.4, 0.5) is 0 Å². The van der Waals surface area contributed by atoms with Crippen LogP contribution in [0.1, 0.15) is 26.2 Å². The summed E-state index contributed by atoms with van der Waals surface area (Å²) >= 11 is 0. The van der Waals surface area contributed by atoms with Gasteiger partial charge in [-0.05, 0) is 38.3 Å². The summed E-state index contributed by atoms with van der Waals surface area (Å²) in [6, 6.07) is 5.75. The van der Waals surface area contributed by atoms with Gasteiger partial charge in [0.15, 0.2) is 0 Å². The number of aliphatic hydroxyl groups is 1. The second kappa shape index (κ2) is 10.3. The highest BCUT2D eigenvalue weighted by atomic mass is 16.6. The van der Waals surface area contributed by atoms with Crippen molar-refractivity contribution in [2.45, 2.75) is 56.6 Å². The Morgan fingerprint density at radius 1 is 1.34 bits per heavy atom. The van der Waals surface area contributed by atoms with Crippen molar-refractivity contribution in [1.82, 2.24) is 24.8 Å². The second-order valence-corrected chi connectivity index (χ2v) is 10.1. The van der Waals surface area contributed by atoms with Gasteiger partial charge in [0, 0.05) is 6.54 Å². The zero-order valence-corrected chi connectivity index (χ0v) is 21.4. The van der Waals surface area contributed by atoms with Gasteiger partial charge < -0.3 is 24.4 Å². The Balaban J connectivity index is 1.50. The maximum Gasteiger partial charge on any atom is 0.312 e. The van der Waals surface area contributed by atoms with Gasteiger partial charge in [-0.15, -0.1) is 18.3 Å². The van der Waals surface area contributed by atoms with Gasteiger partial charge in [-0.2, -0.15) is 0 Å². The monoisotopic (exact) mass is 523 g/mol. The predicted octanol–water partition coefficient (Wildman–Crippen LogP) is 1.28. The Labute approximate surface area is 220 Å². The molecule has 2 amide bonds. The summed E-state index contributed by atoms with van der Waals surface area (Å²) in [5, 5.41) is 18.4. The molecule has 3 fully saturated rings. The highest BCUT2D eigenvalue weighted by Gasteiger charge is 2.75. The topological polar surface area (TPSA) is 127 Å². The molecule has 38 heavy (non-hydrogen) atoms. The van der Waals surface area contributed by atoms with Crippen molar-refractivity contribution in [2.24, 2.45) is 11.8 Å². The maximum atomic E-state index is 14.3. The van der Waals surface area contributed by atoms with Crippen LogP contribution in [-0.2, 0) is 30.5 Å². The molecule has 0 aliphatic carbocycles. The molecular formula is C27H33N5O6. The molecule has 1 aromatic carbocycles. The Morgan fingerprint density at radius 3 is 2.87 bits per heavy atom. The van der Waals surface area contributed by atoms with Crippen LogP contribution < -0.4 is 0 Å². The van der Waals surface area contributed by atoms with Crippen molar-refractivity contribution in [2.75, 3.05) is 19.8 Å². The fourth-order valence-corrected chi connectivity index (χ4v) is 6.27. The molecule has 1 aromatic heterocycles. The number of aromatic nitrogens is 3.